The van der Waals surface area contributed by atoms with Gasteiger partial charge in [-0.05, 0) is 31.5 Å². The summed E-state index contributed by atoms with van der Waals surface area (Å²) in [5.41, 5.74) is -0.316. The average Bonchev–Trinajstić information content (AvgIpc) is 2.84. The van der Waals surface area contributed by atoms with Crippen LogP contribution in [0.25, 0.3) is 0 Å². The fourth-order valence-electron chi connectivity index (χ4n) is 2.66. The Morgan fingerprint density at radius 3 is 2.54 bits per heavy atom. The molecule has 136 valence electrons. The van der Waals surface area contributed by atoms with Crippen molar-refractivity contribution in [3.05, 3.63) is 32.6 Å². The van der Waals surface area contributed by atoms with Gasteiger partial charge in [0.1, 0.15) is 0 Å². The number of hydrogen-bond acceptors (Lipinski definition) is 4. The number of nitrogens with zero attached hydrogens (tertiary/aromatic N) is 1. The maximum Gasteiger partial charge on any atom is 0.330 e. The number of H-pyrrole nitrogens is 1. The zero-order valence-electron chi connectivity index (χ0n) is 15.8. The molecule has 2 heterocycles. The minimum absolute atomic E-state index is 0.0592. The first-order valence-corrected chi connectivity index (χ1v) is 11.5. The van der Waals surface area contributed by atoms with Crippen molar-refractivity contribution in [2.75, 3.05) is 0 Å². The van der Waals surface area contributed by atoms with E-state index in [1.807, 2.05) is 0 Å². The molecule has 7 heteroatoms. The molecule has 1 saturated heterocycles. The molecule has 6 nitrogen and oxygen atoms in total. The molecule has 0 spiro atoms. The first-order valence-electron chi connectivity index (χ1n) is 8.61. The number of aryl methyl sites for hydroxylation is 1. The zero-order valence-corrected chi connectivity index (χ0v) is 16.8. The van der Waals surface area contributed by atoms with Crippen LogP contribution in [0.1, 0.15) is 52.3 Å². The van der Waals surface area contributed by atoms with Crippen molar-refractivity contribution in [2.45, 2.75) is 84.0 Å². The molecule has 1 unspecified atom stereocenters. The molecule has 1 aliphatic heterocycles. The Morgan fingerprint density at radius 2 is 2.00 bits per heavy atom. The first kappa shape index (κ1) is 19.1. The molecule has 3 atom stereocenters. The summed E-state index contributed by atoms with van der Waals surface area (Å²) in [4.78, 5) is 26.3. The highest BCUT2D eigenvalue weighted by Crippen LogP contribution is 2.41. The van der Waals surface area contributed by atoms with Crippen LogP contribution in [0.3, 0.4) is 0 Å². The lowest BCUT2D eigenvalue weighted by atomic mass is 10.1. The highest BCUT2D eigenvalue weighted by molar-refractivity contribution is 6.74. The van der Waals surface area contributed by atoms with Crippen LogP contribution in [0.5, 0.6) is 0 Å². The number of rotatable bonds is 4. The second kappa shape index (κ2) is 6.61. The van der Waals surface area contributed by atoms with Gasteiger partial charge in [-0.25, -0.2) is 4.79 Å². The van der Waals surface area contributed by atoms with E-state index in [1.165, 1.54) is 4.57 Å². The Morgan fingerprint density at radius 1 is 1.38 bits per heavy atom. The largest absolute Gasteiger partial charge is 0.409 e. The van der Waals surface area contributed by atoms with Crippen LogP contribution in [0.15, 0.2) is 15.8 Å². The fourth-order valence-corrected chi connectivity index (χ4v) is 3.98. The van der Waals surface area contributed by atoms with Gasteiger partial charge >= 0.3 is 5.69 Å². The van der Waals surface area contributed by atoms with E-state index < -0.39 is 20.2 Å². The summed E-state index contributed by atoms with van der Waals surface area (Å²) in [5.74, 6) is 0. The summed E-state index contributed by atoms with van der Waals surface area (Å²) in [6, 6.07) is 0. The maximum atomic E-state index is 12.3. The molecule has 1 aromatic rings. The first-order chi connectivity index (χ1) is 11.0. The van der Waals surface area contributed by atoms with Gasteiger partial charge in [-0.2, -0.15) is 0 Å². The third kappa shape index (κ3) is 3.73. The topological polar surface area (TPSA) is 73.3 Å². The molecule has 1 aromatic heterocycles. The van der Waals surface area contributed by atoms with Gasteiger partial charge in [-0.1, -0.05) is 27.7 Å². The van der Waals surface area contributed by atoms with Crippen molar-refractivity contribution in [2.24, 2.45) is 0 Å². The molecule has 0 aliphatic carbocycles. The summed E-state index contributed by atoms with van der Waals surface area (Å²) >= 11 is 0. The molecular formula is C17H30N2O4Si. The second-order valence-electron chi connectivity index (χ2n) is 8.19. The van der Waals surface area contributed by atoms with Gasteiger partial charge in [-0.3, -0.25) is 14.3 Å². The summed E-state index contributed by atoms with van der Waals surface area (Å²) in [5, 5.41) is 0.0771. The lowest BCUT2D eigenvalue weighted by Crippen LogP contribution is -2.46. The molecule has 1 aliphatic rings. The minimum atomic E-state index is -2.00. The Bertz CT molecular complexity index is 702. The molecular weight excluding hydrogens is 324 g/mol. The Labute approximate surface area is 144 Å². The predicted molar refractivity (Wildman–Crippen MR) is 96.9 cm³/mol. The highest BCUT2D eigenvalue weighted by Gasteiger charge is 2.45. The van der Waals surface area contributed by atoms with Gasteiger partial charge < -0.3 is 9.16 Å². The molecule has 24 heavy (non-hydrogen) atoms. The second-order valence-corrected chi connectivity index (χ2v) is 12.9. The van der Waals surface area contributed by atoms with E-state index >= 15 is 0 Å². The summed E-state index contributed by atoms with van der Waals surface area (Å²) < 4.78 is 14.1. The number of aromatic amines is 1. The van der Waals surface area contributed by atoms with E-state index in [0.717, 1.165) is 12.8 Å². The fraction of sp³-hybridized carbons (Fsp3) is 0.765. The summed E-state index contributed by atoms with van der Waals surface area (Å²) in [6.45, 7) is 14.7. The van der Waals surface area contributed by atoms with E-state index in [0.29, 0.717) is 5.56 Å². The molecule has 0 amide bonds. The van der Waals surface area contributed by atoms with Gasteiger partial charge in [0.15, 0.2) is 14.5 Å². The standard InChI is InChI=1S/C17H30N2O4Si/c1-8-12-9-13(23-24(6,7)17(3,4)5)15(22-12)19-10-11(2)14(20)18-16(19)21/h10,12-13,15H,8-9H2,1-7H3,(H,18,20,21)/t12-,13?,15-/m1/s1. The summed E-state index contributed by atoms with van der Waals surface area (Å²) in [6.07, 6.45) is 2.59. The normalized spacial score (nSPS) is 25.2. The molecule has 1 fully saturated rings. The molecule has 2 rings (SSSR count). The van der Waals surface area contributed by atoms with E-state index in [1.54, 1.807) is 13.1 Å². The van der Waals surface area contributed by atoms with Crippen molar-refractivity contribution in [3.63, 3.8) is 0 Å². The Balaban J connectivity index is 2.38. The molecule has 1 N–H and O–H groups in total. The van der Waals surface area contributed by atoms with Crippen LogP contribution < -0.4 is 11.2 Å². The zero-order chi connectivity index (χ0) is 18.3. The lowest BCUT2D eigenvalue weighted by Gasteiger charge is -2.39. The highest BCUT2D eigenvalue weighted by atomic mass is 28.4. The molecule has 0 aromatic carbocycles. The number of nitrogens with one attached hydrogen (secondary N) is 1. The lowest BCUT2D eigenvalue weighted by molar-refractivity contribution is -0.0371. The smallest absolute Gasteiger partial charge is 0.330 e. The maximum absolute atomic E-state index is 12.3. The summed E-state index contributed by atoms with van der Waals surface area (Å²) in [7, 11) is -2.00. The third-order valence-electron chi connectivity index (χ3n) is 5.27. The number of hydrogen-bond donors (Lipinski definition) is 1. The van der Waals surface area contributed by atoms with Gasteiger partial charge in [-0.15, -0.1) is 0 Å². The van der Waals surface area contributed by atoms with Gasteiger partial charge in [0.2, 0.25) is 0 Å². The van der Waals surface area contributed by atoms with Crippen LogP contribution in [0, 0.1) is 6.92 Å². The monoisotopic (exact) mass is 354 g/mol. The van der Waals surface area contributed by atoms with Crippen molar-refractivity contribution in [3.8, 4) is 0 Å². The SMILES string of the molecule is CC[C@@H]1CC(O[Si](C)(C)C(C)(C)C)[C@H](n2cc(C)c(=O)[nH]c2=O)O1. The predicted octanol–water partition coefficient (Wildman–Crippen LogP) is 2.93. The third-order valence-corrected chi connectivity index (χ3v) is 9.78. The van der Waals surface area contributed by atoms with Crippen molar-refractivity contribution in [1.29, 1.82) is 0 Å². The van der Waals surface area contributed by atoms with Gasteiger partial charge in [0.25, 0.3) is 5.56 Å². The Hall–Kier alpha value is -1.18. The molecule has 0 radical (unpaired) electrons. The van der Waals surface area contributed by atoms with Gasteiger partial charge in [0.05, 0.1) is 12.2 Å². The molecule has 0 bridgehead atoms. The average molecular weight is 355 g/mol. The Kier molecular flexibility index (Phi) is 5.27. The van der Waals surface area contributed by atoms with Crippen LogP contribution in [0.2, 0.25) is 18.1 Å². The van der Waals surface area contributed by atoms with Gasteiger partial charge in [0, 0.05) is 18.2 Å². The van der Waals surface area contributed by atoms with Crippen LogP contribution >= 0.6 is 0 Å². The van der Waals surface area contributed by atoms with E-state index in [-0.39, 0.29) is 22.8 Å². The van der Waals surface area contributed by atoms with E-state index in [2.05, 4.69) is 45.8 Å². The molecule has 0 saturated carbocycles. The number of aromatic nitrogens is 2. The van der Waals surface area contributed by atoms with Crippen LogP contribution in [0.4, 0.5) is 0 Å². The quantitative estimate of drug-likeness (QED) is 0.844. The van der Waals surface area contributed by atoms with E-state index in [4.69, 9.17) is 9.16 Å². The number of ether oxygens (including phenoxy) is 1. The minimum Gasteiger partial charge on any atom is -0.409 e. The van der Waals surface area contributed by atoms with E-state index in [9.17, 15) is 9.59 Å². The van der Waals surface area contributed by atoms with Crippen LogP contribution in [-0.2, 0) is 9.16 Å². The van der Waals surface area contributed by atoms with Crippen molar-refractivity contribution in [1.82, 2.24) is 9.55 Å². The van der Waals surface area contributed by atoms with Crippen LogP contribution in [-0.4, -0.2) is 30.1 Å². The van der Waals surface area contributed by atoms with Crippen molar-refractivity contribution < 1.29 is 9.16 Å². The van der Waals surface area contributed by atoms with Crippen molar-refractivity contribution >= 4 is 8.32 Å².